The molecule has 0 amide bonds. The Balaban J connectivity index is 1.68. The molecule has 0 bridgehead atoms. The molecule has 0 aliphatic rings. The maximum absolute atomic E-state index is 12.5. The van der Waals surface area contributed by atoms with E-state index in [9.17, 15) is 8.42 Å². The third kappa shape index (κ3) is 5.40. The van der Waals surface area contributed by atoms with E-state index in [4.69, 9.17) is 21.7 Å². The molecule has 0 heterocycles. The molecule has 3 rings (SSSR count). The molecule has 3 aromatic carbocycles. The molecular formula is C21H21N3O4S2. The van der Waals surface area contributed by atoms with Crippen molar-refractivity contribution in [2.75, 3.05) is 29.6 Å². The average Bonchev–Trinajstić information content (AvgIpc) is 2.74. The molecule has 0 radical (unpaired) electrons. The summed E-state index contributed by atoms with van der Waals surface area (Å²) in [6.45, 7) is 0. The van der Waals surface area contributed by atoms with Crippen molar-refractivity contribution >= 4 is 44.4 Å². The first kappa shape index (κ1) is 21.4. The maximum Gasteiger partial charge on any atom is 0.261 e. The van der Waals surface area contributed by atoms with Crippen molar-refractivity contribution < 1.29 is 17.9 Å². The van der Waals surface area contributed by atoms with Crippen LogP contribution in [-0.4, -0.2) is 27.7 Å². The summed E-state index contributed by atoms with van der Waals surface area (Å²) >= 11 is 5.35. The smallest absolute Gasteiger partial charge is 0.261 e. The maximum atomic E-state index is 12.5. The van der Waals surface area contributed by atoms with E-state index < -0.39 is 10.0 Å². The SMILES string of the molecule is COc1ccc(OC)c(NC(=S)Nc2ccc(S(=O)(=O)Nc3ccccc3)cc2)c1. The van der Waals surface area contributed by atoms with Crippen molar-refractivity contribution in [3.63, 3.8) is 0 Å². The molecule has 0 fully saturated rings. The minimum absolute atomic E-state index is 0.144. The Hall–Kier alpha value is -3.30. The topological polar surface area (TPSA) is 88.7 Å². The van der Waals surface area contributed by atoms with Crippen molar-refractivity contribution in [3.8, 4) is 11.5 Å². The highest BCUT2D eigenvalue weighted by Gasteiger charge is 2.14. The number of hydrogen-bond acceptors (Lipinski definition) is 5. The molecule has 0 atom stereocenters. The summed E-state index contributed by atoms with van der Waals surface area (Å²) in [7, 11) is -0.545. The fourth-order valence-electron chi connectivity index (χ4n) is 2.63. The number of para-hydroxylation sites is 1. The number of benzene rings is 3. The highest BCUT2D eigenvalue weighted by atomic mass is 32.2. The Labute approximate surface area is 181 Å². The predicted octanol–water partition coefficient (Wildman–Crippen LogP) is 4.31. The van der Waals surface area contributed by atoms with E-state index in [0.29, 0.717) is 33.7 Å². The number of methoxy groups -OCH3 is 2. The lowest BCUT2D eigenvalue weighted by atomic mass is 10.2. The zero-order valence-electron chi connectivity index (χ0n) is 16.4. The molecule has 0 saturated heterocycles. The summed E-state index contributed by atoms with van der Waals surface area (Å²) in [5.74, 6) is 1.26. The first-order valence-corrected chi connectivity index (χ1v) is 10.8. The van der Waals surface area contributed by atoms with Crippen molar-refractivity contribution in [1.82, 2.24) is 0 Å². The fourth-order valence-corrected chi connectivity index (χ4v) is 3.92. The molecule has 3 N–H and O–H groups in total. The second-order valence-electron chi connectivity index (χ2n) is 6.14. The Bertz CT molecular complexity index is 1120. The molecule has 3 aromatic rings. The van der Waals surface area contributed by atoms with Gasteiger partial charge in [-0.3, -0.25) is 4.72 Å². The van der Waals surface area contributed by atoms with Crippen LogP contribution >= 0.6 is 12.2 Å². The monoisotopic (exact) mass is 443 g/mol. The van der Waals surface area contributed by atoms with E-state index in [-0.39, 0.29) is 4.90 Å². The first-order valence-electron chi connectivity index (χ1n) is 8.89. The van der Waals surface area contributed by atoms with Crippen LogP contribution in [-0.2, 0) is 10.0 Å². The molecule has 7 nitrogen and oxygen atoms in total. The number of rotatable bonds is 7. The standard InChI is InChI=1S/C21H21N3O4S2/c1-27-17-10-13-20(28-2)19(14-17)23-21(29)22-15-8-11-18(12-9-15)30(25,26)24-16-6-4-3-5-7-16/h3-14,24H,1-2H3,(H2,22,23,29). The van der Waals surface area contributed by atoms with Gasteiger partial charge in [0.1, 0.15) is 11.5 Å². The summed E-state index contributed by atoms with van der Waals surface area (Å²) in [5, 5.41) is 6.38. The normalized spacial score (nSPS) is 10.7. The van der Waals surface area contributed by atoms with Gasteiger partial charge in [0, 0.05) is 17.4 Å². The number of sulfonamides is 1. The first-order chi connectivity index (χ1) is 14.4. The van der Waals surface area contributed by atoms with Crippen LogP contribution in [0, 0.1) is 0 Å². The van der Waals surface area contributed by atoms with Crippen LogP contribution in [0.2, 0.25) is 0 Å². The van der Waals surface area contributed by atoms with Gasteiger partial charge in [-0.2, -0.15) is 0 Å². The van der Waals surface area contributed by atoms with E-state index >= 15 is 0 Å². The summed E-state index contributed by atoms with van der Waals surface area (Å²) in [6.07, 6.45) is 0. The van der Waals surface area contributed by atoms with Gasteiger partial charge < -0.3 is 20.1 Å². The van der Waals surface area contributed by atoms with Gasteiger partial charge in [-0.25, -0.2) is 8.42 Å². The van der Waals surface area contributed by atoms with Gasteiger partial charge in [0.2, 0.25) is 0 Å². The van der Waals surface area contributed by atoms with Crippen LogP contribution in [0.5, 0.6) is 11.5 Å². The zero-order chi connectivity index (χ0) is 21.6. The molecule has 0 unspecified atom stereocenters. The third-order valence-electron chi connectivity index (χ3n) is 4.10. The lowest BCUT2D eigenvalue weighted by Gasteiger charge is -2.15. The lowest BCUT2D eigenvalue weighted by molar-refractivity contribution is 0.405. The highest BCUT2D eigenvalue weighted by molar-refractivity contribution is 7.92. The van der Waals surface area contributed by atoms with Gasteiger partial charge in [0.15, 0.2) is 5.11 Å². The van der Waals surface area contributed by atoms with Gasteiger partial charge >= 0.3 is 0 Å². The summed E-state index contributed by atoms with van der Waals surface area (Å²) < 4.78 is 38.1. The van der Waals surface area contributed by atoms with Gasteiger partial charge in [-0.05, 0) is 60.7 Å². The second kappa shape index (κ2) is 9.47. The molecule has 0 spiro atoms. The largest absolute Gasteiger partial charge is 0.497 e. The Morgan fingerprint density at radius 3 is 2.17 bits per heavy atom. The van der Waals surface area contributed by atoms with Crippen LogP contribution in [0.3, 0.4) is 0 Å². The summed E-state index contributed by atoms with van der Waals surface area (Å²) in [4.78, 5) is 0.144. The Kier molecular flexibility index (Phi) is 6.76. The minimum Gasteiger partial charge on any atom is -0.497 e. The molecule has 30 heavy (non-hydrogen) atoms. The van der Waals surface area contributed by atoms with Crippen LogP contribution in [0.15, 0.2) is 77.7 Å². The minimum atomic E-state index is -3.68. The molecule has 156 valence electrons. The van der Waals surface area contributed by atoms with Crippen LogP contribution in [0.1, 0.15) is 0 Å². The molecule has 0 aromatic heterocycles. The molecular weight excluding hydrogens is 422 g/mol. The Morgan fingerprint density at radius 2 is 1.53 bits per heavy atom. The number of nitrogens with one attached hydrogen (secondary N) is 3. The summed E-state index contributed by atoms with van der Waals surface area (Å²) in [6, 6.07) is 20.3. The fraction of sp³-hybridized carbons (Fsp3) is 0.0952. The quantitative estimate of drug-likeness (QED) is 0.469. The van der Waals surface area contributed by atoms with Crippen molar-refractivity contribution in [1.29, 1.82) is 0 Å². The van der Waals surface area contributed by atoms with E-state index in [2.05, 4.69) is 15.4 Å². The van der Waals surface area contributed by atoms with Crippen molar-refractivity contribution in [2.24, 2.45) is 0 Å². The van der Waals surface area contributed by atoms with Gasteiger partial charge in [-0.15, -0.1) is 0 Å². The van der Waals surface area contributed by atoms with E-state index in [1.165, 1.54) is 12.1 Å². The van der Waals surface area contributed by atoms with Crippen LogP contribution in [0.4, 0.5) is 17.1 Å². The van der Waals surface area contributed by atoms with Gasteiger partial charge in [0.25, 0.3) is 10.0 Å². The molecule has 0 aliphatic carbocycles. The van der Waals surface area contributed by atoms with Crippen LogP contribution < -0.4 is 24.8 Å². The van der Waals surface area contributed by atoms with Crippen LogP contribution in [0.25, 0.3) is 0 Å². The number of ether oxygens (including phenoxy) is 2. The Morgan fingerprint density at radius 1 is 0.833 bits per heavy atom. The van der Waals surface area contributed by atoms with Crippen molar-refractivity contribution in [2.45, 2.75) is 4.90 Å². The second-order valence-corrected chi connectivity index (χ2v) is 8.23. The number of thiocarbonyl (C=S) groups is 1. The van der Waals surface area contributed by atoms with Gasteiger partial charge in [0.05, 0.1) is 24.8 Å². The van der Waals surface area contributed by atoms with Gasteiger partial charge in [-0.1, -0.05) is 18.2 Å². The molecule has 9 heteroatoms. The zero-order valence-corrected chi connectivity index (χ0v) is 18.0. The number of anilines is 3. The molecule has 0 aliphatic heterocycles. The third-order valence-corrected chi connectivity index (χ3v) is 5.70. The van der Waals surface area contributed by atoms with Crippen molar-refractivity contribution in [3.05, 3.63) is 72.8 Å². The lowest BCUT2D eigenvalue weighted by Crippen LogP contribution is -2.19. The predicted molar refractivity (Wildman–Crippen MR) is 123 cm³/mol. The van der Waals surface area contributed by atoms with E-state index in [0.717, 1.165) is 0 Å². The van der Waals surface area contributed by atoms with E-state index in [1.807, 2.05) is 6.07 Å². The van der Waals surface area contributed by atoms with E-state index in [1.54, 1.807) is 68.8 Å². The highest BCUT2D eigenvalue weighted by Crippen LogP contribution is 2.29. The number of hydrogen-bond donors (Lipinski definition) is 3. The average molecular weight is 444 g/mol. The molecule has 0 saturated carbocycles. The summed E-state index contributed by atoms with van der Waals surface area (Å²) in [5.41, 5.74) is 1.77.